The largest absolute Gasteiger partial charge is 0.480 e. The van der Waals surface area contributed by atoms with Crippen LogP contribution in [0, 0.1) is 11.2 Å². The first kappa shape index (κ1) is 15.1. The molecule has 2 rings (SSSR count). The van der Waals surface area contributed by atoms with E-state index in [-0.39, 0.29) is 15.6 Å². The molecule has 1 aliphatic carbocycles. The molecule has 0 bridgehead atoms. The first-order chi connectivity index (χ1) is 9.29. The van der Waals surface area contributed by atoms with Crippen LogP contribution in [0.2, 0.25) is 10.0 Å². The number of carboxylic acids is 1. The predicted octanol–water partition coefficient (Wildman–Crippen LogP) is 3.17. The van der Waals surface area contributed by atoms with Crippen LogP contribution in [0.4, 0.5) is 4.39 Å². The number of aliphatic carboxylic acids is 1. The van der Waals surface area contributed by atoms with Crippen LogP contribution in [0.1, 0.15) is 31.4 Å². The zero-order chi connectivity index (χ0) is 15.1. The molecule has 0 aliphatic heterocycles. The van der Waals surface area contributed by atoms with Crippen LogP contribution in [0.3, 0.4) is 0 Å². The highest BCUT2D eigenvalue weighted by Gasteiger charge is 2.57. The van der Waals surface area contributed by atoms with E-state index in [1.54, 1.807) is 6.92 Å². The zero-order valence-corrected chi connectivity index (χ0v) is 12.1. The molecule has 0 radical (unpaired) electrons. The Hall–Kier alpha value is -1.33. The van der Waals surface area contributed by atoms with E-state index in [2.05, 4.69) is 5.32 Å². The molecular formula is C13H12Cl2FNO3. The Morgan fingerprint density at radius 1 is 1.40 bits per heavy atom. The van der Waals surface area contributed by atoms with E-state index in [9.17, 15) is 14.0 Å². The van der Waals surface area contributed by atoms with Crippen molar-refractivity contribution in [2.24, 2.45) is 5.41 Å². The van der Waals surface area contributed by atoms with Crippen molar-refractivity contribution >= 4 is 35.1 Å². The van der Waals surface area contributed by atoms with Gasteiger partial charge >= 0.3 is 5.97 Å². The van der Waals surface area contributed by atoms with Crippen molar-refractivity contribution in [2.45, 2.75) is 25.8 Å². The van der Waals surface area contributed by atoms with Gasteiger partial charge in [0.05, 0.1) is 11.1 Å². The summed E-state index contributed by atoms with van der Waals surface area (Å²) in [4.78, 5) is 23.0. The smallest absolute Gasteiger partial charge is 0.319 e. The zero-order valence-electron chi connectivity index (χ0n) is 10.5. The average molecular weight is 320 g/mol. The second-order valence-electron chi connectivity index (χ2n) is 4.84. The van der Waals surface area contributed by atoms with Crippen LogP contribution in [0.15, 0.2) is 12.1 Å². The number of carbonyl (C=O) groups excluding carboxylic acids is 1. The molecule has 0 saturated heterocycles. The second-order valence-corrected chi connectivity index (χ2v) is 5.62. The topological polar surface area (TPSA) is 66.4 Å². The summed E-state index contributed by atoms with van der Waals surface area (Å²) in [5.41, 5.74) is -1.12. The van der Waals surface area contributed by atoms with Gasteiger partial charge in [-0.05, 0) is 31.9 Å². The number of hydrogen-bond donors (Lipinski definition) is 2. The van der Waals surface area contributed by atoms with E-state index >= 15 is 0 Å². The summed E-state index contributed by atoms with van der Waals surface area (Å²) in [6.45, 7) is 1.57. The predicted molar refractivity (Wildman–Crippen MR) is 72.3 cm³/mol. The fourth-order valence-electron chi connectivity index (χ4n) is 2.01. The lowest BCUT2D eigenvalue weighted by Gasteiger charge is -2.19. The minimum absolute atomic E-state index is 0.175. The van der Waals surface area contributed by atoms with Crippen molar-refractivity contribution in [2.75, 3.05) is 0 Å². The van der Waals surface area contributed by atoms with E-state index in [0.29, 0.717) is 12.8 Å². The van der Waals surface area contributed by atoms with Gasteiger partial charge in [0.2, 0.25) is 5.91 Å². The number of nitrogens with one attached hydrogen (secondary N) is 1. The quantitative estimate of drug-likeness (QED) is 0.661. The molecule has 1 atom stereocenters. The molecule has 0 spiro atoms. The summed E-state index contributed by atoms with van der Waals surface area (Å²) in [7, 11) is 0. The molecule has 20 heavy (non-hydrogen) atoms. The van der Waals surface area contributed by atoms with E-state index < -0.39 is 29.2 Å². The van der Waals surface area contributed by atoms with Crippen molar-refractivity contribution in [3.05, 3.63) is 33.6 Å². The Kier molecular flexibility index (Phi) is 3.93. The Morgan fingerprint density at radius 2 is 2.00 bits per heavy atom. The summed E-state index contributed by atoms with van der Waals surface area (Å²) >= 11 is 11.8. The van der Waals surface area contributed by atoms with Gasteiger partial charge in [-0.15, -0.1) is 0 Å². The molecule has 108 valence electrons. The first-order valence-electron chi connectivity index (χ1n) is 5.97. The lowest BCUT2D eigenvalue weighted by molar-refractivity contribution is -0.149. The van der Waals surface area contributed by atoms with E-state index in [1.807, 2.05) is 0 Å². The van der Waals surface area contributed by atoms with Crippen molar-refractivity contribution < 1.29 is 19.1 Å². The third kappa shape index (κ3) is 2.47. The van der Waals surface area contributed by atoms with E-state index in [4.69, 9.17) is 28.3 Å². The molecule has 4 nitrogen and oxygen atoms in total. The fraction of sp³-hybridized carbons (Fsp3) is 0.385. The Morgan fingerprint density at radius 3 is 2.50 bits per heavy atom. The maximum absolute atomic E-state index is 13.4. The van der Waals surface area contributed by atoms with E-state index in [0.717, 1.165) is 6.07 Å². The summed E-state index contributed by atoms with van der Waals surface area (Å²) in [5.74, 6) is -2.40. The fourth-order valence-corrected chi connectivity index (χ4v) is 2.71. The standard InChI is InChI=1S/C13H12Cl2FNO3/c1-6(9-7(14)2-3-8(16)10(9)15)17-11(18)13(4-5-13)12(19)20/h2-3,6H,4-5H2,1H3,(H,17,18)(H,19,20). The first-order valence-corrected chi connectivity index (χ1v) is 6.73. The highest BCUT2D eigenvalue weighted by molar-refractivity contribution is 6.36. The normalized spacial score (nSPS) is 17.4. The highest BCUT2D eigenvalue weighted by Crippen LogP contribution is 2.46. The van der Waals surface area contributed by atoms with Crippen molar-refractivity contribution in [1.82, 2.24) is 5.32 Å². The Balaban J connectivity index is 2.22. The number of amides is 1. The van der Waals surface area contributed by atoms with Crippen LogP contribution < -0.4 is 5.32 Å². The van der Waals surface area contributed by atoms with Gasteiger partial charge in [-0.25, -0.2) is 4.39 Å². The molecule has 1 aromatic carbocycles. The van der Waals surface area contributed by atoms with Gasteiger partial charge in [0.1, 0.15) is 11.2 Å². The van der Waals surface area contributed by atoms with Gasteiger partial charge in [-0.3, -0.25) is 9.59 Å². The van der Waals surface area contributed by atoms with Crippen molar-refractivity contribution in [1.29, 1.82) is 0 Å². The molecule has 7 heteroatoms. The van der Waals surface area contributed by atoms with E-state index in [1.165, 1.54) is 6.07 Å². The third-order valence-corrected chi connectivity index (χ3v) is 4.17. The van der Waals surface area contributed by atoms with Crippen LogP contribution in [0.25, 0.3) is 0 Å². The molecule has 0 heterocycles. The molecule has 1 unspecified atom stereocenters. The maximum Gasteiger partial charge on any atom is 0.319 e. The number of hydrogen-bond acceptors (Lipinski definition) is 2. The Bertz CT molecular complexity index is 587. The molecule has 1 fully saturated rings. The number of benzene rings is 1. The molecule has 1 amide bonds. The van der Waals surface area contributed by atoms with Gasteiger partial charge in [-0.2, -0.15) is 0 Å². The third-order valence-electron chi connectivity index (χ3n) is 3.45. The number of carboxylic acid groups (broad SMARTS) is 1. The molecular weight excluding hydrogens is 308 g/mol. The molecule has 0 aromatic heterocycles. The summed E-state index contributed by atoms with van der Waals surface area (Å²) < 4.78 is 13.4. The summed E-state index contributed by atoms with van der Waals surface area (Å²) in [6, 6.07) is 1.78. The molecule has 2 N–H and O–H groups in total. The monoisotopic (exact) mass is 319 g/mol. The van der Waals surface area contributed by atoms with Gasteiger partial charge < -0.3 is 10.4 Å². The SMILES string of the molecule is CC(NC(=O)C1(C(=O)O)CC1)c1c(Cl)ccc(F)c1Cl. The van der Waals surface area contributed by atoms with Crippen LogP contribution >= 0.6 is 23.2 Å². The van der Waals surface area contributed by atoms with Crippen molar-refractivity contribution in [3.8, 4) is 0 Å². The minimum Gasteiger partial charge on any atom is -0.480 e. The lowest BCUT2D eigenvalue weighted by Crippen LogP contribution is -2.38. The summed E-state index contributed by atoms with van der Waals surface area (Å²) in [6.07, 6.45) is 0.594. The average Bonchev–Trinajstić information content (AvgIpc) is 3.15. The van der Waals surface area contributed by atoms with Crippen LogP contribution in [-0.2, 0) is 9.59 Å². The Labute approximate surface area is 124 Å². The van der Waals surface area contributed by atoms with Gasteiger partial charge in [0.15, 0.2) is 0 Å². The van der Waals surface area contributed by atoms with Crippen molar-refractivity contribution in [3.63, 3.8) is 0 Å². The summed E-state index contributed by atoms with van der Waals surface area (Å²) in [5, 5.41) is 11.6. The molecule has 1 aromatic rings. The number of rotatable bonds is 4. The number of halogens is 3. The second kappa shape index (κ2) is 5.22. The highest BCUT2D eigenvalue weighted by atomic mass is 35.5. The van der Waals surface area contributed by atoms with Crippen LogP contribution in [-0.4, -0.2) is 17.0 Å². The number of carbonyl (C=O) groups is 2. The molecule has 1 saturated carbocycles. The lowest BCUT2D eigenvalue weighted by atomic mass is 10.0. The van der Waals surface area contributed by atoms with Crippen LogP contribution in [0.5, 0.6) is 0 Å². The minimum atomic E-state index is -1.36. The van der Waals surface area contributed by atoms with Gasteiger partial charge in [0.25, 0.3) is 0 Å². The van der Waals surface area contributed by atoms with Gasteiger partial charge in [0, 0.05) is 10.6 Å². The van der Waals surface area contributed by atoms with Gasteiger partial charge in [-0.1, -0.05) is 23.2 Å². The maximum atomic E-state index is 13.4. The molecule has 1 aliphatic rings.